The lowest BCUT2D eigenvalue weighted by Gasteiger charge is -2.26. The van der Waals surface area contributed by atoms with E-state index in [4.69, 9.17) is 13.0 Å². The first kappa shape index (κ1) is 29.0. The van der Waals surface area contributed by atoms with E-state index in [1.54, 1.807) is 0 Å². The largest absolute Gasteiger partial charge is 0.741 e. The van der Waals surface area contributed by atoms with Crippen molar-refractivity contribution in [2.24, 2.45) is 0 Å². The molecule has 4 rings (SSSR count). The molecule has 0 radical (unpaired) electrons. The zero-order valence-electron chi connectivity index (χ0n) is 20.1. The van der Waals surface area contributed by atoms with Crippen molar-refractivity contribution in [2.45, 2.75) is 5.51 Å². The van der Waals surface area contributed by atoms with Crippen molar-refractivity contribution in [1.82, 2.24) is 0 Å². The molecule has 0 fully saturated rings. The van der Waals surface area contributed by atoms with Gasteiger partial charge in [0.25, 0.3) is 0 Å². The number of halogens is 3. The summed E-state index contributed by atoms with van der Waals surface area (Å²) in [4.78, 5) is 0. The first-order valence-electron chi connectivity index (χ1n) is 11.4. The summed E-state index contributed by atoms with van der Waals surface area (Å²) in [7, 11) is -7.91. The van der Waals surface area contributed by atoms with Gasteiger partial charge in [0.1, 0.15) is 0 Å². The molecule has 0 unspecified atom stereocenters. The molecule has 0 bridgehead atoms. The highest BCUT2D eigenvalue weighted by Crippen LogP contribution is 2.54. The Morgan fingerprint density at radius 1 is 0.676 bits per heavy atom. The van der Waals surface area contributed by atoms with Crippen molar-refractivity contribution in [2.75, 3.05) is 19.0 Å². The molecule has 0 aliphatic heterocycles. The van der Waals surface area contributed by atoms with E-state index in [9.17, 15) is 13.2 Å². The lowest BCUT2D eigenvalue weighted by molar-refractivity contribution is -0.0517. The van der Waals surface area contributed by atoms with Crippen molar-refractivity contribution in [1.29, 1.82) is 0 Å². The van der Waals surface area contributed by atoms with Crippen LogP contribution < -0.4 is 21.2 Å². The van der Waals surface area contributed by atoms with E-state index >= 15 is 0 Å². The minimum atomic E-state index is -6.09. The molecule has 37 heavy (non-hydrogen) atoms. The number of benzene rings is 4. The van der Waals surface area contributed by atoms with Crippen LogP contribution in [0.2, 0.25) is 0 Å². The molecule has 4 aromatic rings. The summed E-state index contributed by atoms with van der Waals surface area (Å²) in [5, 5.41) is 5.95. The molecule has 0 heterocycles. The van der Waals surface area contributed by atoms with Crippen LogP contribution in [0.1, 0.15) is 0 Å². The predicted octanol–water partition coefficient (Wildman–Crippen LogP) is 5.47. The van der Waals surface area contributed by atoms with Gasteiger partial charge in [-0.2, -0.15) is 13.2 Å². The molecule has 3 nitrogen and oxygen atoms in total. The monoisotopic (exact) mass is 562 g/mol. The molecule has 0 amide bonds. The molecule has 0 atom stereocenters. The van der Waals surface area contributed by atoms with E-state index in [-0.39, 0.29) is 7.92 Å². The first-order chi connectivity index (χ1) is 17.5. The molecular weight excluding hydrogens is 535 g/mol. The van der Waals surface area contributed by atoms with Gasteiger partial charge in [0, 0.05) is 6.16 Å². The molecule has 0 saturated carbocycles. The number of rotatable bonds is 7. The molecule has 0 saturated heterocycles. The maximum atomic E-state index is 10.7. The summed E-state index contributed by atoms with van der Waals surface area (Å²) in [6, 6.07) is 44.5. The molecule has 194 valence electrons. The minimum absolute atomic E-state index is 0.368. The Kier molecular flexibility index (Phi) is 10.0. The van der Waals surface area contributed by atoms with Crippen LogP contribution in [0.4, 0.5) is 13.2 Å². The Bertz CT molecular complexity index is 1260. The van der Waals surface area contributed by atoms with Gasteiger partial charge in [-0.1, -0.05) is 97.1 Å². The maximum Gasteiger partial charge on any atom is 0.485 e. The van der Waals surface area contributed by atoms with Crippen LogP contribution in [0.25, 0.3) is 0 Å². The van der Waals surface area contributed by atoms with E-state index in [0.717, 1.165) is 0 Å². The average Bonchev–Trinajstić information content (AvgIpc) is 2.90. The minimum Gasteiger partial charge on any atom is -0.741 e. The van der Waals surface area contributed by atoms with Crippen molar-refractivity contribution in [3.63, 3.8) is 0 Å². The zero-order valence-corrected chi connectivity index (χ0v) is 22.7. The summed E-state index contributed by atoms with van der Waals surface area (Å²) in [5.74, 6) is 0. The maximum absolute atomic E-state index is 10.7. The molecule has 9 heteroatoms. The Hall–Kier alpha value is -2.56. The van der Waals surface area contributed by atoms with Gasteiger partial charge in [-0.3, -0.25) is 0 Å². The Morgan fingerprint density at radius 2 is 0.973 bits per heavy atom. The lowest BCUT2D eigenvalue weighted by atomic mass is 10.4. The number of hydrogen-bond donors (Lipinski definition) is 0. The third kappa shape index (κ3) is 7.96. The topological polar surface area (TPSA) is 57.2 Å². The number of hydrogen-bond acceptors (Lipinski definition) is 3. The predicted molar refractivity (Wildman–Crippen MR) is 150 cm³/mol. The molecule has 0 aliphatic rings. The highest BCUT2D eigenvalue weighted by Gasteiger charge is 2.38. The van der Waals surface area contributed by atoms with E-state index in [1.807, 2.05) is 0 Å². The van der Waals surface area contributed by atoms with Crippen LogP contribution in [0.5, 0.6) is 0 Å². The smallest absolute Gasteiger partial charge is 0.485 e. The summed E-state index contributed by atoms with van der Waals surface area (Å²) in [6.45, 7) is 2.52. The molecule has 0 N–H and O–H groups in total. The van der Waals surface area contributed by atoms with E-state index < -0.39 is 22.9 Å². The second kappa shape index (κ2) is 12.8. The molecule has 4 aromatic carbocycles. The van der Waals surface area contributed by atoms with Crippen molar-refractivity contribution >= 4 is 46.5 Å². The molecular formula is C28H27F3O3P2S. The van der Waals surface area contributed by atoms with E-state index in [0.29, 0.717) is 0 Å². The van der Waals surface area contributed by atoms with Gasteiger partial charge < -0.3 is 4.55 Å². The summed E-state index contributed by atoms with van der Waals surface area (Å²) < 4.78 is 58.9. The fraction of sp³-hybridized carbons (Fsp3) is 0.143. The summed E-state index contributed by atoms with van der Waals surface area (Å²) in [6.07, 6.45) is 2.42. The van der Waals surface area contributed by atoms with Crippen LogP contribution in [0.3, 0.4) is 0 Å². The normalized spacial score (nSPS) is 12.1. The van der Waals surface area contributed by atoms with Crippen LogP contribution in [0, 0.1) is 0 Å². The number of alkyl halides is 3. The van der Waals surface area contributed by atoms with Crippen LogP contribution in [0.15, 0.2) is 121 Å². The average molecular weight is 563 g/mol. The lowest BCUT2D eigenvalue weighted by Crippen LogP contribution is -2.26. The van der Waals surface area contributed by atoms with Gasteiger partial charge in [-0.25, -0.2) is 8.42 Å². The molecule has 0 spiro atoms. The molecule has 0 aliphatic carbocycles. The first-order valence-corrected chi connectivity index (χ1v) is 16.7. The van der Waals surface area contributed by atoms with Crippen molar-refractivity contribution in [3.8, 4) is 0 Å². The summed E-state index contributed by atoms with van der Waals surface area (Å²) >= 11 is 0. The zero-order chi connectivity index (χ0) is 26.9. The van der Waals surface area contributed by atoms with Crippen LogP contribution in [-0.2, 0) is 10.1 Å². The van der Waals surface area contributed by atoms with Gasteiger partial charge in [0.05, 0.1) is 30.7 Å². The third-order valence-corrected chi connectivity index (χ3v) is 13.3. The van der Waals surface area contributed by atoms with Crippen LogP contribution >= 0.6 is 15.2 Å². The second-order valence-electron chi connectivity index (χ2n) is 8.31. The Morgan fingerprint density at radius 3 is 1.27 bits per heavy atom. The Labute approximate surface area is 218 Å². The van der Waals surface area contributed by atoms with Gasteiger partial charge in [-0.15, -0.1) is 0 Å². The van der Waals surface area contributed by atoms with Gasteiger partial charge in [0.2, 0.25) is 0 Å². The SMILES string of the molecule is C[P+](CCP(c1ccccc1)c1ccccc1)(c1ccccc1)c1ccccc1.O=S(=O)([O-])C(F)(F)F. The van der Waals surface area contributed by atoms with Crippen LogP contribution in [-0.4, -0.2) is 37.5 Å². The highest BCUT2D eigenvalue weighted by atomic mass is 32.2. The third-order valence-electron chi connectivity index (χ3n) is 5.84. The fourth-order valence-electron chi connectivity index (χ4n) is 3.84. The summed E-state index contributed by atoms with van der Waals surface area (Å²) in [5.41, 5.74) is -5.65. The van der Waals surface area contributed by atoms with Gasteiger partial charge >= 0.3 is 5.51 Å². The fourth-order valence-corrected chi connectivity index (χ4v) is 10.6. The van der Waals surface area contributed by atoms with Gasteiger partial charge in [0.15, 0.2) is 10.1 Å². The molecule has 0 aromatic heterocycles. The highest BCUT2D eigenvalue weighted by molar-refractivity contribution is 7.89. The second-order valence-corrected chi connectivity index (χ2v) is 15.9. The van der Waals surface area contributed by atoms with Crippen molar-refractivity contribution in [3.05, 3.63) is 121 Å². The van der Waals surface area contributed by atoms with E-state index in [2.05, 4.69) is 128 Å². The Balaban J connectivity index is 0.000000414. The quantitative estimate of drug-likeness (QED) is 0.171. The van der Waals surface area contributed by atoms with Gasteiger partial charge in [-0.05, 0) is 42.8 Å². The van der Waals surface area contributed by atoms with Crippen molar-refractivity contribution < 1.29 is 26.1 Å². The van der Waals surface area contributed by atoms with E-state index in [1.165, 1.54) is 33.5 Å². The standard InChI is InChI=1S/C27H27P2.CHF3O3S/c1-29(26-18-10-4-11-19-26,27-20-12-5-13-21-27)23-22-28(24-14-6-2-7-15-24)25-16-8-3-9-17-25;2-1(3,4)8(5,6)7/h2-21H,22-23H2,1H3;(H,5,6,7)/q+1;/p-1.